The Kier molecular flexibility index (Phi) is 3.40. The maximum atomic E-state index is 6.09. The Morgan fingerprint density at radius 1 is 1.41 bits per heavy atom. The van der Waals surface area contributed by atoms with Crippen LogP contribution in [0.5, 0.6) is 5.75 Å². The molecule has 1 aromatic carbocycles. The zero-order valence-electron chi connectivity index (χ0n) is 10.8. The van der Waals surface area contributed by atoms with E-state index in [9.17, 15) is 0 Å². The summed E-state index contributed by atoms with van der Waals surface area (Å²) in [4.78, 5) is 0. The van der Waals surface area contributed by atoms with E-state index in [0.29, 0.717) is 6.54 Å². The van der Waals surface area contributed by atoms with Crippen molar-refractivity contribution in [3.63, 3.8) is 0 Å². The van der Waals surface area contributed by atoms with Gasteiger partial charge in [-0.05, 0) is 49.9 Å². The number of benzene rings is 1. The van der Waals surface area contributed by atoms with Crippen molar-refractivity contribution in [2.45, 2.75) is 38.4 Å². The normalized spacial score (nSPS) is 22.9. The quantitative estimate of drug-likeness (QED) is 0.870. The summed E-state index contributed by atoms with van der Waals surface area (Å²) in [6.45, 7) is 4.62. The van der Waals surface area contributed by atoms with Gasteiger partial charge in [0.2, 0.25) is 0 Å². The molecule has 1 unspecified atom stereocenters. The van der Waals surface area contributed by atoms with E-state index in [4.69, 9.17) is 15.2 Å². The third-order valence-corrected chi connectivity index (χ3v) is 3.40. The molecule has 0 aromatic heterocycles. The Balaban J connectivity index is 2.41. The minimum absolute atomic E-state index is 0.177. The molecule has 3 heteroatoms. The average molecular weight is 235 g/mol. The molecule has 0 spiro atoms. The third-order valence-electron chi connectivity index (χ3n) is 3.40. The smallest absolute Gasteiger partial charge is 0.119 e. The largest absolute Gasteiger partial charge is 0.497 e. The van der Waals surface area contributed by atoms with E-state index in [0.717, 1.165) is 18.6 Å². The SMILES string of the molecule is COc1ccc2c(c1)C(CN)(OC(C)C)CC2. The fourth-order valence-electron chi connectivity index (χ4n) is 2.63. The van der Waals surface area contributed by atoms with Crippen LogP contribution in [0.3, 0.4) is 0 Å². The Morgan fingerprint density at radius 3 is 2.76 bits per heavy atom. The van der Waals surface area contributed by atoms with Crippen LogP contribution in [0, 0.1) is 0 Å². The number of fused-ring (bicyclic) bond motifs is 1. The minimum atomic E-state index is -0.321. The average Bonchev–Trinajstić information content (AvgIpc) is 2.67. The molecule has 1 aromatic rings. The van der Waals surface area contributed by atoms with Gasteiger partial charge in [0.1, 0.15) is 11.4 Å². The molecular formula is C14H21NO2. The molecule has 1 aliphatic rings. The molecule has 0 aliphatic heterocycles. The van der Waals surface area contributed by atoms with Crippen molar-refractivity contribution < 1.29 is 9.47 Å². The number of nitrogens with two attached hydrogens (primary N) is 1. The van der Waals surface area contributed by atoms with E-state index in [2.05, 4.69) is 26.0 Å². The van der Waals surface area contributed by atoms with Gasteiger partial charge in [0.05, 0.1) is 13.2 Å². The standard InChI is InChI=1S/C14H21NO2/c1-10(2)17-14(9-15)7-6-11-4-5-12(16-3)8-13(11)14/h4-5,8,10H,6-7,9,15H2,1-3H3. The second-order valence-electron chi connectivity index (χ2n) is 4.89. The fourth-order valence-corrected chi connectivity index (χ4v) is 2.63. The Labute approximate surface area is 103 Å². The van der Waals surface area contributed by atoms with Gasteiger partial charge in [-0.15, -0.1) is 0 Å². The number of hydrogen-bond acceptors (Lipinski definition) is 3. The van der Waals surface area contributed by atoms with Crippen LogP contribution in [0.1, 0.15) is 31.4 Å². The number of ether oxygens (including phenoxy) is 2. The number of hydrogen-bond donors (Lipinski definition) is 1. The second kappa shape index (κ2) is 4.67. The molecule has 0 bridgehead atoms. The molecule has 0 saturated heterocycles. The first-order valence-corrected chi connectivity index (χ1v) is 6.16. The monoisotopic (exact) mass is 235 g/mol. The van der Waals surface area contributed by atoms with E-state index in [-0.39, 0.29) is 11.7 Å². The van der Waals surface area contributed by atoms with E-state index in [1.54, 1.807) is 7.11 Å². The van der Waals surface area contributed by atoms with Crippen molar-refractivity contribution in [3.8, 4) is 5.75 Å². The first-order chi connectivity index (χ1) is 8.11. The van der Waals surface area contributed by atoms with Crippen LogP contribution in [-0.2, 0) is 16.8 Å². The highest BCUT2D eigenvalue weighted by atomic mass is 16.5. The van der Waals surface area contributed by atoms with E-state index < -0.39 is 0 Å². The fraction of sp³-hybridized carbons (Fsp3) is 0.571. The van der Waals surface area contributed by atoms with Crippen LogP contribution in [0.15, 0.2) is 18.2 Å². The lowest BCUT2D eigenvalue weighted by atomic mass is 9.95. The van der Waals surface area contributed by atoms with Crippen LogP contribution in [-0.4, -0.2) is 19.8 Å². The highest BCUT2D eigenvalue weighted by Gasteiger charge is 2.39. The maximum Gasteiger partial charge on any atom is 0.119 e. The van der Waals surface area contributed by atoms with E-state index >= 15 is 0 Å². The highest BCUT2D eigenvalue weighted by Crippen LogP contribution is 2.41. The summed E-state index contributed by atoms with van der Waals surface area (Å²) in [6.07, 6.45) is 2.17. The molecular weight excluding hydrogens is 214 g/mol. The molecule has 3 nitrogen and oxygen atoms in total. The predicted octanol–water partition coefficient (Wildman–Crippen LogP) is 2.22. The zero-order chi connectivity index (χ0) is 12.5. The minimum Gasteiger partial charge on any atom is -0.497 e. The topological polar surface area (TPSA) is 44.5 Å². The predicted molar refractivity (Wildman–Crippen MR) is 68.3 cm³/mol. The molecule has 2 rings (SSSR count). The molecule has 17 heavy (non-hydrogen) atoms. The van der Waals surface area contributed by atoms with E-state index in [1.807, 2.05) is 6.07 Å². The summed E-state index contributed by atoms with van der Waals surface area (Å²) >= 11 is 0. The van der Waals surface area contributed by atoms with Gasteiger partial charge in [-0.2, -0.15) is 0 Å². The van der Waals surface area contributed by atoms with Gasteiger partial charge in [-0.25, -0.2) is 0 Å². The summed E-state index contributed by atoms with van der Waals surface area (Å²) in [7, 11) is 1.68. The maximum absolute atomic E-state index is 6.09. The number of methoxy groups -OCH3 is 1. The van der Waals surface area contributed by atoms with Crippen LogP contribution in [0.2, 0.25) is 0 Å². The van der Waals surface area contributed by atoms with Crippen LogP contribution < -0.4 is 10.5 Å². The molecule has 2 N–H and O–H groups in total. The molecule has 0 fully saturated rings. The molecule has 0 heterocycles. The van der Waals surface area contributed by atoms with Gasteiger partial charge < -0.3 is 15.2 Å². The molecule has 0 radical (unpaired) electrons. The van der Waals surface area contributed by atoms with Crippen LogP contribution in [0.25, 0.3) is 0 Å². The number of aryl methyl sites for hydroxylation is 1. The third kappa shape index (κ3) is 2.17. The summed E-state index contributed by atoms with van der Waals surface area (Å²) < 4.78 is 11.4. The Morgan fingerprint density at radius 2 is 2.18 bits per heavy atom. The summed E-state index contributed by atoms with van der Waals surface area (Å²) in [5.41, 5.74) is 8.17. The molecule has 1 aliphatic carbocycles. The number of rotatable bonds is 4. The lowest BCUT2D eigenvalue weighted by molar-refractivity contribution is -0.0780. The van der Waals surface area contributed by atoms with Gasteiger partial charge in [0.15, 0.2) is 0 Å². The summed E-state index contributed by atoms with van der Waals surface area (Å²) in [5, 5.41) is 0. The molecule has 94 valence electrons. The Hall–Kier alpha value is -1.06. The van der Waals surface area contributed by atoms with Crippen molar-refractivity contribution in [1.29, 1.82) is 0 Å². The van der Waals surface area contributed by atoms with Gasteiger partial charge in [0, 0.05) is 6.54 Å². The second-order valence-corrected chi connectivity index (χ2v) is 4.89. The Bertz CT molecular complexity index is 403. The van der Waals surface area contributed by atoms with Crippen LogP contribution >= 0.6 is 0 Å². The van der Waals surface area contributed by atoms with Crippen molar-refractivity contribution >= 4 is 0 Å². The van der Waals surface area contributed by atoms with Crippen molar-refractivity contribution in [2.75, 3.05) is 13.7 Å². The van der Waals surface area contributed by atoms with Crippen molar-refractivity contribution in [2.24, 2.45) is 5.73 Å². The first-order valence-electron chi connectivity index (χ1n) is 6.16. The van der Waals surface area contributed by atoms with Gasteiger partial charge in [-0.3, -0.25) is 0 Å². The van der Waals surface area contributed by atoms with Crippen molar-refractivity contribution in [1.82, 2.24) is 0 Å². The van der Waals surface area contributed by atoms with Gasteiger partial charge in [0.25, 0.3) is 0 Å². The zero-order valence-corrected chi connectivity index (χ0v) is 10.8. The lowest BCUT2D eigenvalue weighted by Gasteiger charge is -2.31. The molecule has 1 atom stereocenters. The summed E-state index contributed by atoms with van der Waals surface area (Å²) in [5.74, 6) is 0.871. The highest BCUT2D eigenvalue weighted by molar-refractivity contribution is 5.43. The van der Waals surface area contributed by atoms with Crippen molar-refractivity contribution in [3.05, 3.63) is 29.3 Å². The first kappa shape index (κ1) is 12.4. The van der Waals surface area contributed by atoms with Gasteiger partial charge >= 0.3 is 0 Å². The van der Waals surface area contributed by atoms with Crippen LogP contribution in [0.4, 0.5) is 0 Å². The summed E-state index contributed by atoms with van der Waals surface area (Å²) in [6, 6.07) is 6.19. The molecule has 0 amide bonds. The van der Waals surface area contributed by atoms with E-state index in [1.165, 1.54) is 11.1 Å². The molecule has 0 saturated carbocycles. The lowest BCUT2D eigenvalue weighted by Crippen LogP contribution is -2.38. The van der Waals surface area contributed by atoms with Gasteiger partial charge in [-0.1, -0.05) is 6.07 Å².